The highest BCUT2D eigenvalue weighted by Gasteiger charge is 2.46. The lowest BCUT2D eigenvalue weighted by Gasteiger charge is -2.41. The molecule has 0 saturated carbocycles. The van der Waals surface area contributed by atoms with Gasteiger partial charge in [0, 0.05) is 40.4 Å². The maximum Gasteiger partial charge on any atom is 0.418 e. The summed E-state index contributed by atoms with van der Waals surface area (Å²) in [7, 11) is 0. The summed E-state index contributed by atoms with van der Waals surface area (Å²) in [5.41, 5.74) is 1.94. The lowest BCUT2D eigenvalue weighted by atomic mass is 9.76. The summed E-state index contributed by atoms with van der Waals surface area (Å²) >= 11 is 2.11. The molecule has 0 radical (unpaired) electrons. The number of ether oxygens (including phenoxy) is 1. The van der Waals surface area contributed by atoms with Crippen molar-refractivity contribution in [1.29, 1.82) is 0 Å². The van der Waals surface area contributed by atoms with Gasteiger partial charge in [-0.05, 0) is 86.0 Å². The number of aliphatic hydroxyl groups is 1. The van der Waals surface area contributed by atoms with Crippen molar-refractivity contribution in [2.24, 2.45) is 5.92 Å². The van der Waals surface area contributed by atoms with E-state index in [4.69, 9.17) is 10.5 Å². The number of nitrogens with one attached hydrogen (secondary N) is 1. The Morgan fingerprint density at radius 1 is 1.14 bits per heavy atom. The first-order chi connectivity index (χ1) is 17.1. The normalized spacial score (nSPS) is 16.7. The van der Waals surface area contributed by atoms with Gasteiger partial charge in [-0.25, -0.2) is 4.79 Å². The van der Waals surface area contributed by atoms with Crippen LogP contribution in [0.4, 0.5) is 29.3 Å². The molecule has 37 heavy (non-hydrogen) atoms. The number of amides is 2. The fourth-order valence-electron chi connectivity index (χ4n) is 4.33. The number of rotatable bonds is 5. The van der Waals surface area contributed by atoms with E-state index in [1.165, 1.54) is 11.0 Å². The van der Waals surface area contributed by atoms with Gasteiger partial charge in [-0.1, -0.05) is 18.2 Å². The number of anilines is 2. The van der Waals surface area contributed by atoms with Crippen LogP contribution in [0.1, 0.15) is 44.7 Å². The highest BCUT2D eigenvalue weighted by Crippen LogP contribution is 2.37. The molecular formula is C26H31F3IN3O4. The average Bonchev–Trinajstić information content (AvgIpc) is 2.80. The first kappa shape index (κ1) is 29.0. The van der Waals surface area contributed by atoms with Crippen molar-refractivity contribution in [3.63, 3.8) is 0 Å². The van der Waals surface area contributed by atoms with E-state index in [9.17, 15) is 27.9 Å². The molecule has 3 rings (SSSR count). The molecule has 11 heteroatoms. The Labute approximate surface area is 227 Å². The number of halogens is 4. The van der Waals surface area contributed by atoms with Gasteiger partial charge in [0.25, 0.3) is 5.91 Å². The third-order valence-electron chi connectivity index (χ3n) is 6.25. The first-order valence-electron chi connectivity index (χ1n) is 11.8. The van der Waals surface area contributed by atoms with Crippen molar-refractivity contribution in [3.8, 4) is 0 Å². The van der Waals surface area contributed by atoms with Crippen LogP contribution in [0.2, 0.25) is 0 Å². The van der Waals surface area contributed by atoms with Crippen molar-refractivity contribution in [1.82, 2.24) is 4.90 Å². The van der Waals surface area contributed by atoms with Gasteiger partial charge in [0.05, 0.1) is 5.56 Å². The quantitative estimate of drug-likeness (QED) is 0.300. The number of hydrogen-bond acceptors (Lipinski definition) is 5. The van der Waals surface area contributed by atoms with Gasteiger partial charge in [0.2, 0.25) is 0 Å². The summed E-state index contributed by atoms with van der Waals surface area (Å²) in [4.78, 5) is 27.5. The van der Waals surface area contributed by atoms with Gasteiger partial charge in [0.1, 0.15) is 11.2 Å². The van der Waals surface area contributed by atoms with Gasteiger partial charge in [0.15, 0.2) is 0 Å². The Morgan fingerprint density at radius 3 is 2.32 bits per heavy atom. The zero-order chi connectivity index (χ0) is 27.6. The van der Waals surface area contributed by atoms with Crippen LogP contribution in [-0.2, 0) is 22.1 Å². The number of alkyl halides is 3. The van der Waals surface area contributed by atoms with E-state index in [2.05, 4.69) is 27.9 Å². The van der Waals surface area contributed by atoms with E-state index >= 15 is 0 Å². The van der Waals surface area contributed by atoms with Gasteiger partial charge < -0.3 is 25.8 Å². The van der Waals surface area contributed by atoms with Crippen LogP contribution in [0.5, 0.6) is 0 Å². The molecule has 2 aromatic rings. The Balaban J connectivity index is 1.86. The topological polar surface area (TPSA) is 105 Å². The standard InChI is InChI=1S/C26H31F3IN3O4/c1-24(2,3)37-23(35)33-12-10-17(11-13-33)25(36,15-16-6-4-5-7-20(16)30)22(34)32-18-8-9-21(31)19(14-18)26(27,28)29/h4-9,14,17,36H,10-13,15,31H2,1-3H3,(H,32,34). The van der Waals surface area contributed by atoms with E-state index in [0.717, 1.165) is 21.3 Å². The Hall–Kier alpha value is -2.54. The molecule has 0 aliphatic carbocycles. The third kappa shape index (κ3) is 7.28. The van der Waals surface area contributed by atoms with Gasteiger partial charge in [-0.15, -0.1) is 0 Å². The van der Waals surface area contributed by atoms with Crippen molar-refractivity contribution < 1.29 is 32.6 Å². The SMILES string of the molecule is CC(C)(C)OC(=O)N1CCC(C(O)(Cc2ccccc2I)C(=O)Nc2ccc(N)c(C(F)(F)F)c2)CC1. The maximum atomic E-state index is 13.5. The van der Waals surface area contributed by atoms with Crippen LogP contribution in [0.15, 0.2) is 42.5 Å². The van der Waals surface area contributed by atoms with Crippen LogP contribution >= 0.6 is 22.6 Å². The summed E-state index contributed by atoms with van der Waals surface area (Å²) < 4.78 is 46.3. The maximum absolute atomic E-state index is 13.5. The summed E-state index contributed by atoms with van der Waals surface area (Å²) in [5, 5.41) is 14.3. The highest BCUT2D eigenvalue weighted by molar-refractivity contribution is 14.1. The fourth-order valence-corrected chi connectivity index (χ4v) is 4.91. The molecule has 0 bridgehead atoms. The molecule has 0 spiro atoms. The van der Waals surface area contributed by atoms with Crippen LogP contribution in [0.3, 0.4) is 0 Å². The molecule has 1 unspecified atom stereocenters. The third-order valence-corrected chi connectivity index (χ3v) is 7.30. The zero-order valence-corrected chi connectivity index (χ0v) is 23.0. The highest BCUT2D eigenvalue weighted by atomic mass is 127. The van der Waals surface area contributed by atoms with E-state index in [1.807, 2.05) is 12.1 Å². The molecule has 1 aliphatic rings. The lowest BCUT2D eigenvalue weighted by Crippen LogP contribution is -2.55. The number of nitrogens with two attached hydrogens (primary N) is 1. The number of carbonyl (C=O) groups is 2. The lowest BCUT2D eigenvalue weighted by molar-refractivity contribution is -0.142. The summed E-state index contributed by atoms with van der Waals surface area (Å²) in [6.45, 7) is 5.83. The predicted molar refractivity (Wildman–Crippen MR) is 143 cm³/mol. The van der Waals surface area contributed by atoms with E-state index in [0.29, 0.717) is 12.8 Å². The second-order valence-corrected chi connectivity index (χ2v) is 11.4. The van der Waals surface area contributed by atoms with Crippen LogP contribution in [0, 0.1) is 9.49 Å². The second-order valence-electron chi connectivity index (χ2n) is 10.2. The number of benzene rings is 2. The molecule has 1 atom stereocenters. The Kier molecular flexibility index (Phi) is 8.68. The summed E-state index contributed by atoms with van der Waals surface area (Å²) in [5.74, 6) is -1.38. The Bertz CT molecular complexity index is 1140. The number of likely N-dealkylation sites (tertiary alicyclic amines) is 1. The van der Waals surface area contributed by atoms with Crippen LogP contribution in [0.25, 0.3) is 0 Å². The molecule has 1 aliphatic heterocycles. The minimum absolute atomic E-state index is 0.0455. The molecule has 4 N–H and O–H groups in total. The Morgan fingerprint density at radius 2 is 1.76 bits per heavy atom. The molecule has 1 saturated heterocycles. The summed E-state index contributed by atoms with van der Waals surface area (Å²) in [6, 6.07) is 10.3. The molecule has 202 valence electrons. The number of piperidine rings is 1. The van der Waals surface area contributed by atoms with E-state index in [-0.39, 0.29) is 25.2 Å². The van der Waals surface area contributed by atoms with E-state index in [1.54, 1.807) is 32.9 Å². The predicted octanol–water partition coefficient (Wildman–Crippen LogP) is 5.45. The van der Waals surface area contributed by atoms with Crippen molar-refractivity contribution in [3.05, 3.63) is 57.2 Å². The molecule has 2 aromatic carbocycles. The number of hydrogen-bond donors (Lipinski definition) is 3. The van der Waals surface area contributed by atoms with Gasteiger partial charge >= 0.3 is 12.3 Å². The van der Waals surface area contributed by atoms with Crippen molar-refractivity contribution in [2.45, 2.75) is 57.4 Å². The minimum atomic E-state index is -4.70. The number of nitrogens with zero attached hydrogens (tertiary/aromatic N) is 1. The molecular weight excluding hydrogens is 602 g/mol. The first-order valence-corrected chi connectivity index (χ1v) is 12.9. The van der Waals surface area contributed by atoms with Crippen LogP contribution in [-0.4, -0.2) is 46.3 Å². The number of nitrogen functional groups attached to an aromatic ring is 1. The van der Waals surface area contributed by atoms with Crippen molar-refractivity contribution in [2.75, 3.05) is 24.1 Å². The molecule has 1 heterocycles. The average molecular weight is 633 g/mol. The van der Waals surface area contributed by atoms with Gasteiger partial charge in [-0.2, -0.15) is 13.2 Å². The smallest absolute Gasteiger partial charge is 0.418 e. The minimum Gasteiger partial charge on any atom is -0.444 e. The monoisotopic (exact) mass is 633 g/mol. The molecule has 0 aromatic heterocycles. The summed E-state index contributed by atoms with van der Waals surface area (Å²) in [6.07, 6.45) is -4.60. The molecule has 1 fully saturated rings. The van der Waals surface area contributed by atoms with Crippen molar-refractivity contribution >= 4 is 46.0 Å². The van der Waals surface area contributed by atoms with Crippen LogP contribution < -0.4 is 11.1 Å². The number of carbonyl (C=O) groups excluding carboxylic acids is 2. The fraction of sp³-hybridized carbons (Fsp3) is 0.462. The van der Waals surface area contributed by atoms with Gasteiger partial charge in [-0.3, -0.25) is 4.79 Å². The zero-order valence-electron chi connectivity index (χ0n) is 20.9. The molecule has 2 amide bonds. The molecule has 7 nitrogen and oxygen atoms in total. The largest absolute Gasteiger partial charge is 0.444 e. The second kappa shape index (κ2) is 11.1. The van der Waals surface area contributed by atoms with E-state index < -0.39 is 46.5 Å².